The number of fused-ring (bicyclic) bond motifs is 1. The Morgan fingerprint density at radius 2 is 2.05 bits per heavy atom. The van der Waals surface area contributed by atoms with Crippen LogP contribution in [0.4, 0.5) is 0 Å². The van der Waals surface area contributed by atoms with Gasteiger partial charge in [-0.15, -0.1) is 0 Å². The highest BCUT2D eigenvalue weighted by atomic mass is 15.2. The van der Waals surface area contributed by atoms with Crippen molar-refractivity contribution >= 4 is 11.0 Å². The molecule has 1 fully saturated rings. The zero-order valence-corrected chi connectivity index (χ0v) is 11.8. The van der Waals surface area contributed by atoms with Crippen molar-refractivity contribution in [2.45, 2.75) is 13.3 Å². The van der Waals surface area contributed by atoms with Crippen LogP contribution in [0, 0.1) is 6.92 Å². The molecule has 0 aliphatic carbocycles. The summed E-state index contributed by atoms with van der Waals surface area (Å²) in [5, 5.41) is 3.40. The summed E-state index contributed by atoms with van der Waals surface area (Å²) in [6.45, 7) is 7.77. The van der Waals surface area contributed by atoms with E-state index >= 15 is 0 Å². The Bertz CT molecular complexity index is 567. The first-order valence-electron chi connectivity index (χ1n) is 7.10. The number of para-hydroxylation sites is 1. The average molecular weight is 258 g/mol. The van der Waals surface area contributed by atoms with Crippen LogP contribution < -0.4 is 5.32 Å². The van der Waals surface area contributed by atoms with Gasteiger partial charge < -0.3 is 14.8 Å². The van der Waals surface area contributed by atoms with Gasteiger partial charge in [0.15, 0.2) is 0 Å². The summed E-state index contributed by atoms with van der Waals surface area (Å²) in [7, 11) is 2.09. The Morgan fingerprint density at radius 3 is 2.84 bits per heavy atom. The van der Waals surface area contributed by atoms with Gasteiger partial charge in [-0.2, -0.15) is 0 Å². The van der Waals surface area contributed by atoms with Crippen LogP contribution in [0.1, 0.15) is 11.4 Å². The topological polar surface area (TPSA) is 33.1 Å². The molecule has 0 atom stereocenters. The summed E-state index contributed by atoms with van der Waals surface area (Å²) in [4.78, 5) is 7.24. The van der Waals surface area contributed by atoms with E-state index in [1.165, 1.54) is 16.6 Å². The first-order valence-corrected chi connectivity index (χ1v) is 7.10. The molecule has 2 aromatic rings. The Balaban J connectivity index is 1.78. The van der Waals surface area contributed by atoms with E-state index in [-0.39, 0.29) is 0 Å². The van der Waals surface area contributed by atoms with Gasteiger partial charge in [-0.25, -0.2) is 4.98 Å². The molecule has 0 unspecified atom stereocenters. The third-order valence-corrected chi connectivity index (χ3v) is 4.13. The van der Waals surface area contributed by atoms with Crippen LogP contribution in [0.2, 0.25) is 0 Å². The normalized spacial score (nSPS) is 17.2. The molecule has 4 heteroatoms. The number of imidazole rings is 1. The number of rotatable bonds is 3. The molecule has 0 spiro atoms. The summed E-state index contributed by atoms with van der Waals surface area (Å²) >= 11 is 0. The van der Waals surface area contributed by atoms with Crippen molar-refractivity contribution in [3.63, 3.8) is 0 Å². The predicted molar refractivity (Wildman–Crippen MR) is 78.5 cm³/mol. The fourth-order valence-electron chi connectivity index (χ4n) is 2.80. The molecule has 2 heterocycles. The maximum Gasteiger partial charge on any atom is 0.106 e. The zero-order valence-electron chi connectivity index (χ0n) is 11.8. The van der Waals surface area contributed by atoms with Gasteiger partial charge >= 0.3 is 0 Å². The summed E-state index contributed by atoms with van der Waals surface area (Å²) in [5.74, 6) is 1.09. The van der Waals surface area contributed by atoms with Crippen molar-refractivity contribution in [3.8, 4) is 0 Å². The van der Waals surface area contributed by atoms with Crippen molar-refractivity contribution < 1.29 is 0 Å². The summed E-state index contributed by atoms with van der Waals surface area (Å²) < 4.78 is 2.17. The summed E-state index contributed by atoms with van der Waals surface area (Å²) in [5.41, 5.74) is 3.80. The summed E-state index contributed by atoms with van der Waals surface area (Å²) in [6, 6.07) is 6.52. The number of hydrogen-bond donors (Lipinski definition) is 1. The van der Waals surface area contributed by atoms with Crippen LogP contribution in [-0.2, 0) is 13.5 Å². The van der Waals surface area contributed by atoms with E-state index in [0.717, 1.165) is 45.0 Å². The van der Waals surface area contributed by atoms with Gasteiger partial charge in [-0.3, -0.25) is 0 Å². The highest BCUT2D eigenvalue weighted by Gasteiger charge is 2.12. The molecule has 1 aromatic carbocycles. The first-order chi connectivity index (χ1) is 9.25. The fraction of sp³-hybridized carbons (Fsp3) is 0.533. The SMILES string of the molecule is Cc1nc2c(CCN3CCNCC3)cccc2n1C. The van der Waals surface area contributed by atoms with Gasteiger partial charge in [-0.05, 0) is 25.0 Å². The number of piperazine rings is 1. The highest BCUT2D eigenvalue weighted by molar-refractivity contribution is 5.79. The Hall–Kier alpha value is -1.39. The quantitative estimate of drug-likeness (QED) is 0.901. The second-order valence-corrected chi connectivity index (χ2v) is 5.34. The predicted octanol–water partition coefficient (Wildman–Crippen LogP) is 1.33. The molecule has 1 N–H and O–H groups in total. The van der Waals surface area contributed by atoms with Crippen molar-refractivity contribution in [2.75, 3.05) is 32.7 Å². The van der Waals surface area contributed by atoms with Crippen LogP contribution in [0.3, 0.4) is 0 Å². The molecule has 0 bridgehead atoms. The van der Waals surface area contributed by atoms with E-state index in [0.29, 0.717) is 0 Å². The highest BCUT2D eigenvalue weighted by Crippen LogP contribution is 2.19. The van der Waals surface area contributed by atoms with Gasteiger partial charge in [0.25, 0.3) is 0 Å². The molecule has 0 amide bonds. The number of aromatic nitrogens is 2. The van der Waals surface area contributed by atoms with Crippen molar-refractivity contribution in [1.29, 1.82) is 0 Å². The molecule has 1 aliphatic rings. The molecule has 102 valence electrons. The van der Waals surface area contributed by atoms with E-state index in [2.05, 4.69) is 47.0 Å². The molecule has 1 aliphatic heterocycles. The number of aryl methyl sites for hydroxylation is 2. The van der Waals surface area contributed by atoms with Gasteiger partial charge in [0.05, 0.1) is 11.0 Å². The van der Waals surface area contributed by atoms with E-state index in [4.69, 9.17) is 4.98 Å². The number of hydrogen-bond acceptors (Lipinski definition) is 3. The van der Waals surface area contributed by atoms with Gasteiger partial charge in [0.1, 0.15) is 5.82 Å². The molecule has 0 saturated carbocycles. The van der Waals surface area contributed by atoms with E-state index < -0.39 is 0 Å². The third kappa shape index (κ3) is 2.51. The minimum Gasteiger partial charge on any atom is -0.331 e. The molecule has 3 rings (SSSR count). The lowest BCUT2D eigenvalue weighted by Gasteiger charge is -2.27. The second kappa shape index (κ2) is 5.31. The maximum atomic E-state index is 4.71. The van der Waals surface area contributed by atoms with Gasteiger partial charge in [-0.1, -0.05) is 12.1 Å². The molecule has 19 heavy (non-hydrogen) atoms. The average Bonchev–Trinajstić information content (AvgIpc) is 2.74. The smallest absolute Gasteiger partial charge is 0.106 e. The van der Waals surface area contributed by atoms with Crippen LogP contribution in [0.25, 0.3) is 11.0 Å². The summed E-state index contributed by atoms with van der Waals surface area (Å²) in [6.07, 6.45) is 1.09. The zero-order chi connectivity index (χ0) is 13.2. The van der Waals surface area contributed by atoms with E-state index in [1.807, 2.05) is 0 Å². The van der Waals surface area contributed by atoms with Gasteiger partial charge in [0.2, 0.25) is 0 Å². The number of benzene rings is 1. The number of nitrogens with zero attached hydrogens (tertiary/aromatic N) is 3. The minimum atomic E-state index is 1.09. The molecule has 4 nitrogen and oxygen atoms in total. The lowest BCUT2D eigenvalue weighted by molar-refractivity contribution is 0.244. The van der Waals surface area contributed by atoms with Crippen LogP contribution in [0.15, 0.2) is 18.2 Å². The standard InChI is InChI=1S/C15H22N4/c1-12-17-15-13(4-3-5-14(15)18(12)2)6-9-19-10-7-16-8-11-19/h3-5,16H,6-11H2,1-2H3. The minimum absolute atomic E-state index is 1.09. The maximum absolute atomic E-state index is 4.71. The molecular formula is C15H22N4. The second-order valence-electron chi connectivity index (χ2n) is 5.34. The van der Waals surface area contributed by atoms with Crippen LogP contribution in [-0.4, -0.2) is 47.2 Å². The Labute approximate surface area is 114 Å². The Morgan fingerprint density at radius 1 is 1.26 bits per heavy atom. The van der Waals surface area contributed by atoms with Crippen LogP contribution in [0.5, 0.6) is 0 Å². The molecule has 1 saturated heterocycles. The lowest BCUT2D eigenvalue weighted by atomic mass is 10.1. The molecular weight excluding hydrogens is 236 g/mol. The van der Waals surface area contributed by atoms with Crippen LogP contribution >= 0.6 is 0 Å². The molecule has 1 aromatic heterocycles. The van der Waals surface area contributed by atoms with E-state index in [1.54, 1.807) is 0 Å². The fourth-order valence-corrected chi connectivity index (χ4v) is 2.80. The molecule has 0 radical (unpaired) electrons. The van der Waals surface area contributed by atoms with Crippen molar-refractivity contribution in [1.82, 2.24) is 19.8 Å². The van der Waals surface area contributed by atoms with Crippen molar-refractivity contribution in [3.05, 3.63) is 29.6 Å². The third-order valence-electron chi connectivity index (χ3n) is 4.13. The largest absolute Gasteiger partial charge is 0.331 e. The van der Waals surface area contributed by atoms with E-state index in [9.17, 15) is 0 Å². The lowest BCUT2D eigenvalue weighted by Crippen LogP contribution is -2.44. The Kier molecular flexibility index (Phi) is 3.53. The monoisotopic (exact) mass is 258 g/mol. The van der Waals surface area contributed by atoms with Gasteiger partial charge in [0, 0.05) is 39.8 Å². The first kappa shape index (κ1) is 12.6. The number of nitrogens with one attached hydrogen (secondary N) is 1. The van der Waals surface area contributed by atoms with Crippen molar-refractivity contribution in [2.24, 2.45) is 7.05 Å².